The predicted octanol–water partition coefficient (Wildman–Crippen LogP) is 0.790. The first-order valence-corrected chi connectivity index (χ1v) is 6.45. The Morgan fingerprint density at radius 2 is 2.05 bits per heavy atom. The zero-order valence-corrected chi connectivity index (χ0v) is 11.4. The number of hydrogen-bond donors (Lipinski definition) is 3. The van der Waals surface area contributed by atoms with E-state index in [1.165, 1.54) is 0 Å². The van der Waals surface area contributed by atoms with Crippen molar-refractivity contribution in [3.63, 3.8) is 0 Å². The van der Waals surface area contributed by atoms with Crippen LogP contribution in [0.3, 0.4) is 0 Å². The van der Waals surface area contributed by atoms with Crippen LogP contribution in [0.15, 0.2) is 24.3 Å². The molecule has 104 valence electrons. The van der Waals surface area contributed by atoms with E-state index in [9.17, 15) is 9.59 Å². The molecular weight excluding hydrogens is 242 g/mol. The fraction of sp³-hybridized carbons (Fsp3) is 0.429. The van der Waals surface area contributed by atoms with Gasteiger partial charge in [0.2, 0.25) is 5.91 Å². The number of hydrogen-bond acceptors (Lipinski definition) is 3. The maximum absolute atomic E-state index is 11.8. The SMILES string of the molecule is CCCNC(=O)c1cccc(CNC(=O)[C@H](C)N)c1. The second-order valence-corrected chi connectivity index (χ2v) is 4.46. The molecule has 0 bridgehead atoms. The van der Waals surface area contributed by atoms with Crippen molar-refractivity contribution in [2.75, 3.05) is 6.54 Å². The summed E-state index contributed by atoms with van der Waals surface area (Å²) in [5.41, 5.74) is 6.93. The average molecular weight is 263 g/mol. The topological polar surface area (TPSA) is 84.2 Å². The van der Waals surface area contributed by atoms with Crippen molar-refractivity contribution in [3.05, 3.63) is 35.4 Å². The molecule has 5 nitrogen and oxygen atoms in total. The van der Waals surface area contributed by atoms with E-state index in [2.05, 4.69) is 10.6 Å². The summed E-state index contributed by atoms with van der Waals surface area (Å²) in [6.45, 7) is 4.66. The molecule has 0 spiro atoms. The minimum Gasteiger partial charge on any atom is -0.352 e. The Kier molecular flexibility index (Phi) is 6.02. The molecule has 0 unspecified atom stereocenters. The van der Waals surface area contributed by atoms with Gasteiger partial charge in [0.05, 0.1) is 6.04 Å². The van der Waals surface area contributed by atoms with Gasteiger partial charge in [0.1, 0.15) is 0 Å². The van der Waals surface area contributed by atoms with Crippen molar-refractivity contribution in [2.45, 2.75) is 32.9 Å². The number of carbonyl (C=O) groups excluding carboxylic acids is 2. The summed E-state index contributed by atoms with van der Waals surface area (Å²) in [6.07, 6.45) is 0.899. The van der Waals surface area contributed by atoms with Crippen molar-refractivity contribution in [3.8, 4) is 0 Å². The van der Waals surface area contributed by atoms with Gasteiger partial charge in [0, 0.05) is 18.7 Å². The Morgan fingerprint density at radius 1 is 1.32 bits per heavy atom. The van der Waals surface area contributed by atoms with Gasteiger partial charge in [-0.05, 0) is 31.0 Å². The van der Waals surface area contributed by atoms with Crippen LogP contribution >= 0.6 is 0 Å². The number of carbonyl (C=O) groups is 2. The average Bonchev–Trinajstić information content (AvgIpc) is 2.42. The van der Waals surface area contributed by atoms with Gasteiger partial charge in [-0.3, -0.25) is 9.59 Å². The van der Waals surface area contributed by atoms with Gasteiger partial charge in [0.25, 0.3) is 5.91 Å². The molecule has 0 aromatic heterocycles. The zero-order valence-electron chi connectivity index (χ0n) is 11.4. The fourth-order valence-electron chi connectivity index (χ4n) is 1.51. The standard InChI is InChI=1S/C14H21N3O2/c1-3-7-16-14(19)12-6-4-5-11(8-12)9-17-13(18)10(2)15/h4-6,8,10H,3,7,9,15H2,1-2H3,(H,16,19)(H,17,18)/t10-/m0/s1. The van der Waals surface area contributed by atoms with Gasteiger partial charge in [-0.2, -0.15) is 0 Å². The predicted molar refractivity (Wildman–Crippen MR) is 74.6 cm³/mol. The summed E-state index contributed by atoms with van der Waals surface area (Å²) in [4.78, 5) is 23.1. The van der Waals surface area contributed by atoms with E-state index in [1.54, 1.807) is 25.1 Å². The van der Waals surface area contributed by atoms with E-state index in [-0.39, 0.29) is 11.8 Å². The van der Waals surface area contributed by atoms with Gasteiger partial charge in [-0.1, -0.05) is 19.1 Å². The van der Waals surface area contributed by atoms with E-state index in [0.717, 1.165) is 12.0 Å². The number of nitrogens with two attached hydrogens (primary N) is 1. The molecule has 0 fully saturated rings. The molecule has 4 N–H and O–H groups in total. The molecule has 0 saturated heterocycles. The quantitative estimate of drug-likeness (QED) is 0.709. The van der Waals surface area contributed by atoms with Gasteiger partial charge >= 0.3 is 0 Å². The Hall–Kier alpha value is -1.88. The highest BCUT2D eigenvalue weighted by molar-refractivity contribution is 5.94. The van der Waals surface area contributed by atoms with Crippen molar-refractivity contribution in [1.82, 2.24) is 10.6 Å². The Balaban J connectivity index is 2.61. The summed E-state index contributed by atoms with van der Waals surface area (Å²) in [7, 11) is 0. The molecule has 1 aromatic carbocycles. The Labute approximate surface area is 113 Å². The number of benzene rings is 1. The summed E-state index contributed by atoms with van der Waals surface area (Å²) in [5, 5.41) is 5.52. The van der Waals surface area contributed by atoms with E-state index < -0.39 is 6.04 Å². The Morgan fingerprint density at radius 3 is 2.68 bits per heavy atom. The van der Waals surface area contributed by atoms with Crippen LogP contribution < -0.4 is 16.4 Å². The third-order valence-electron chi connectivity index (χ3n) is 2.61. The van der Waals surface area contributed by atoms with Crippen LogP contribution in [0.5, 0.6) is 0 Å². The third-order valence-corrected chi connectivity index (χ3v) is 2.61. The van der Waals surface area contributed by atoms with E-state index in [1.807, 2.05) is 13.0 Å². The molecule has 5 heteroatoms. The summed E-state index contributed by atoms with van der Waals surface area (Å²) in [5.74, 6) is -0.303. The van der Waals surface area contributed by atoms with E-state index in [0.29, 0.717) is 18.7 Å². The van der Waals surface area contributed by atoms with Crippen molar-refractivity contribution in [1.29, 1.82) is 0 Å². The Bertz CT molecular complexity index is 444. The zero-order chi connectivity index (χ0) is 14.3. The molecule has 0 aliphatic heterocycles. The first-order valence-electron chi connectivity index (χ1n) is 6.45. The number of amides is 2. The molecule has 19 heavy (non-hydrogen) atoms. The lowest BCUT2D eigenvalue weighted by molar-refractivity contribution is -0.122. The molecule has 0 aliphatic rings. The lowest BCUT2D eigenvalue weighted by Gasteiger charge is -2.09. The summed E-state index contributed by atoms with van der Waals surface area (Å²) < 4.78 is 0. The molecule has 1 atom stereocenters. The second kappa shape index (κ2) is 7.53. The maximum Gasteiger partial charge on any atom is 0.251 e. The van der Waals surface area contributed by atoms with Crippen LogP contribution in [0, 0.1) is 0 Å². The minimum atomic E-state index is -0.531. The maximum atomic E-state index is 11.8. The van der Waals surface area contributed by atoms with Crippen molar-refractivity contribution < 1.29 is 9.59 Å². The molecule has 0 radical (unpaired) electrons. The highest BCUT2D eigenvalue weighted by atomic mass is 16.2. The minimum absolute atomic E-state index is 0.0952. The first-order chi connectivity index (χ1) is 9.04. The molecule has 0 saturated carbocycles. The van der Waals surface area contributed by atoms with Crippen LogP contribution in [0.4, 0.5) is 0 Å². The highest BCUT2D eigenvalue weighted by Crippen LogP contribution is 2.05. The van der Waals surface area contributed by atoms with Crippen LogP contribution in [-0.2, 0) is 11.3 Å². The highest BCUT2D eigenvalue weighted by Gasteiger charge is 2.08. The lowest BCUT2D eigenvalue weighted by Crippen LogP contribution is -2.37. The van der Waals surface area contributed by atoms with Crippen LogP contribution in [0.25, 0.3) is 0 Å². The second-order valence-electron chi connectivity index (χ2n) is 4.46. The number of nitrogens with one attached hydrogen (secondary N) is 2. The van der Waals surface area contributed by atoms with Gasteiger partial charge in [-0.15, -0.1) is 0 Å². The van der Waals surface area contributed by atoms with Crippen molar-refractivity contribution in [2.24, 2.45) is 5.73 Å². The smallest absolute Gasteiger partial charge is 0.251 e. The molecular formula is C14H21N3O2. The van der Waals surface area contributed by atoms with Gasteiger partial charge in [0.15, 0.2) is 0 Å². The van der Waals surface area contributed by atoms with Crippen LogP contribution in [0.2, 0.25) is 0 Å². The monoisotopic (exact) mass is 263 g/mol. The lowest BCUT2D eigenvalue weighted by atomic mass is 10.1. The van der Waals surface area contributed by atoms with Crippen LogP contribution in [-0.4, -0.2) is 24.4 Å². The van der Waals surface area contributed by atoms with Gasteiger partial charge < -0.3 is 16.4 Å². The molecule has 1 aromatic rings. The van der Waals surface area contributed by atoms with E-state index in [4.69, 9.17) is 5.73 Å². The third kappa shape index (κ3) is 5.09. The molecule has 1 rings (SSSR count). The van der Waals surface area contributed by atoms with Crippen LogP contribution in [0.1, 0.15) is 36.2 Å². The van der Waals surface area contributed by atoms with Gasteiger partial charge in [-0.25, -0.2) is 0 Å². The molecule has 0 aliphatic carbocycles. The van der Waals surface area contributed by atoms with E-state index >= 15 is 0 Å². The van der Waals surface area contributed by atoms with Crippen molar-refractivity contribution >= 4 is 11.8 Å². The first kappa shape index (κ1) is 15.2. The molecule has 0 heterocycles. The summed E-state index contributed by atoms with van der Waals surface area (Å²) in [6, 6.07) is 6.65. The largest absolute Gasteiger partial charge is 0.352 e. The fourth-order valence-corrected chi connectivity index (χ4v) is 1.51. The normalized spacial score (nSPS) is 11.7. The molecule has 2 amide bonds. The summed E-state index contributed by atoms with van der Waals surface area (Å²) >= 11 is 0. The number of rotatable bonds is 6.